The summed E-state index contributed by atoms with van der Waals surface area (Å²) in [5.41, 5.74) is 0.377. The van der Waals surface area contributed by atoms with Crippen molar-refractivity contribution in [1.29, 1.82) is 0 Å². The van der Waals surface area contributed by atoms with E-state index in [1.54, 1.807) is 0 Å². The van der Waals surface area contributed by atoms with Crippen LogP contribution in [0, 0.1) is 23.5 Å². The van der Waals surface area contributed by atoms with Gasteiger partial charge in [0.1, 0.15) is 11.6 Å². The van der Waals surface area contributed by atoms with E-state index in [0.29, 0.717) is 16.1 Å². The highest BCUT2D eigenvalue weighted by molar-refractivity contribution is 9.10. The van der Waals surface area contributed by atoms with Crippen LogP contribution in [0.1, 0.15) is 12.8 Å². The van der Waals surface area contributed by atoms with Gasteiger partial charge in [0, 0.05) is 18.0 Å². The minimum atomic E-state index is -0.569. The van der Waals surface area contributed by atoms with Gasteiger partial charge in [-0.1, -0.05) is 12.2 Å². The quantitative estimate of drug-likeness (QED) is 0.640. The molecule has 1 N–H and O–H groups in total. The van der Waals surface area contributed by atoms with Gasteiger partial charge in [0.2, 0.25) is 0 Å². The number of hydrogen-bond donors (Lipinski definition) is 1. The molecule has 4 heteroatoms. The molecule has 2 aliphatic carbocycles. The van der Waals surface area contributed by atoms with E-state index in [9.17, 15) is 8.78 Å². The number of benzene rings is 1. The Kier molecular flexibility index (Phi) is 2.69. The summed E-state index contributed by atoms with van der Waals surface area (Å²) in [7, 11) is 0. The number of allylic oxidation sites excluding steroid dienone is 1. The van der Waals surface area contributed by atoms with Crippen molar-refractivity contribution in [2.75, 3.05) is 5.32 Å². The van der Waals surface area contributed by atoms with Crippen molar-refractivity contribution in [3.63, 3.8) is 0 Å². The van der Waals surface area contributed by atoms with Gasteiger partial charge < -0.3 is 5.32 Å². The van der Waals surface area contributed by atoms with Crippen LogP contribution in [0.25, 0.3) is 0 Å². The molecule has 3 atom stereocenters. The summed E-state index contributed by atoms with van der Waals surface area (Å²) in [6, 6.07) is 2.66. The van der Waals surface area contributed by atoms with E-state index in [0.717, 1.165) is 24.8 Å². The van der Waals surface area contributed by atoms with Gasteiger partial charge in [0.25, 0.3) is 0 Å². The Labute approximate surface area is 107 Å². The number of anilines is 1. The van der Waals surface area contributed by atoms with E-state index in [-0.39, 0.29) is 6.04 Å². The van der Waals surface area contributed by atoms with Crippen LogP contribution in [0.15, 0.2) is 28.8 Å². The maximum Gasteiger partial charge on any atom is 0.149 e. The summed E-state index contributed by atoms with van der Waals surface area (Å²) in [4.78, 5) is 0. The Morgan fingerprint density at radius 2 is 2.06 bits per heavy atom. The van der Waals surface area contributed by atoms with Crippen LogP contribution in [0.4, 0.5) is 14.5 Å². The van der Waals surface area contributed by atoms with Crippen LogP contribution in [-0.4, -0.2) is 6.04 Å². The maximum atomic E-state index is 13.6. The molecule has 0 amide bonds. The minimum absolute atomic E-state index is 0.283. The molecular formula is C13H12BrF2N. The number of nitrogens with one attached hydrogen (secondary N) is 1. The van der Waals surface area contributed by atoms with E-state index < -0.39 is 11.6 Å². The predicted molar refractivity (Wildman–Crippen MR) is 66.8 cm³/mol. The summed E-state index contributed by atoms with van der Waals surface area (Å²) in [5, 5.41) is 3.16. The van der Waals surface area contributed by atoms with Crippen LogP contribution < -0.4 is 5.32 Å². The van der Waals surface area contributed by atoms with Crippen LogP contribution in [0.2, 0.25) is 0 Å². The first-order valence-corrected chi connectivity index (χ1v) is 6.52. The summed E-state index contributed by atoms with van der Waals surface area (Å²) >= 11 is 3.07. The summed E-state index contributed by atoms with van der Waals surface area (Å²) in [6.07, 6.45) is 6.58. The molecule has 1 fully saturated rings. The van der Waals surface area contributed by atoms with E-state index in [2.05, 4.69) is 33.4 Å². The van der Waals surface area contributed by atoms with E-state index >= 15 is 0 Å². The first-order valence-electron chi connectivity index (χ1n) is 5.73. The fraction of sp³-hybridized carbons (Fsp3) is 0.385. The minimum Gasteiger partial charge on any atom is -0.379 e. The normalized spacial score (nSPS) is 29.9. The van der Waals surface area contributed by atoms with E-state index in [1.807, 2.05) is 0 Å². The number of hydrogen-bond acceptors (Lipinski definition) is 1. The molecule has 0 aromatic heterocycles. The van der Waals surface area contributed by atoms with Crippen molar-refractivity contribution in [2.45, 2.75) is 18.9 Å². The maximum absolute atomic E-state index is 13.6. The molecule has 0 bridgehead atoms. The lowest BCUT2D eigenvalue weighted by Gasteiger charge is -2.41. The predicted octanol–water partition coefficient (Wildman–Crippen LogP) is 4.10. The molecular weight excluding hydrogens is 288 g/mol. The molecule has 1 aromatic rings. The number of rotatable bonds is 2. The van der Waals surface area contributed by atoms with Crippen molar-refractivity contribution in [3.8, 4) is 0 Å². The zero-order valence-corrected chi connectivity index (χ0v) is 10.7. The van der Waals surface area contributed by atoms with Crippen LogP contribution in [-0.2, 0) is 0 Å². The lowest BCUT2D eigenvalue weighted by atomic mass is 9.71. The first kappa shape index (κ1) is 11.2. The Morgan fingerprint density at radius 3 is 2.82 bits per heavy atom. The van der Waals surface area contributed by atoms with Gasteiger partial charge in [-0.3, -0.25) is 0 Å². The summed E-state index contributed by atoms with van der Waals surface area (Å²) in [6.45, 7) is 0. The molecule has 0 radical (unpaired) electrons. The molecule has 1 aromatic carbocycles. The molecule has 1 saturated carbocycles. The van der Waals surface area contributed by atoms with E-state index in [4.69, 9.17) is 0 Å². The monoisotopic (exact) mass is 299 g/mol. The van der Waals surface area contributed by atoms with Crippen molar-refractivity contribution in [2.24, 2.45) is 11.8 Å². The second kappa shape index (κ2) is 4.09. The Bertz CT molecular complexity index is 487. The highest BCUT2D eigenvalue weighted by atomic mass is 79.9. The second-order valence-corrected chi connectivity index (χ2v) is 5.59. The lowest BCUT2D eigenvalue weighted by Crippen LogP contribution is -2.43. The molecule has 3 unspecified atom stereocenters. The van der Waals surface area contributed by atoms with Gasteiger partial charge in [0.15, 0.2) is 0 Å². The van der Waals surface area contributed by atoms with Gasteiger partial charge >= 0.3 is 0 Å². The van der Waals surface area contributed by atoms with Gasteiger partial charge in [-0.2, -0.15) is 0 Å². The molecule has 0 aliphatic heterocycles. The molecule has 3 rings (SSSR count). The third-order valence-corrected chi connectivity index (χ3v) is 4.32. The van der Waals surface area contributed by atoms with Crippen molar-refractivity contribution in [3.05, 3.63) is 40.4 Å². The number of fused-ring (bicyclic) bond motifs is 1. The van der Waals surface area contributed by atoms with Crippen LogP contribution in [0.5, 0.6) is 0 Å². The van der Waals surface area contributed by atoms with Gasteiger partial charge in [0.05, 0.1) is 10.2 Å². The zero-order chi connectivity index (χ0) is 12.0. The SMILES string of the molecule is Fc1cc(F)c(NC2CC3CC=CC32)cc1Br. The lowest BCUT2D eigenvalue weighted by molar-refractivity contribution is 0.217. The van der Waals surface area contributed by atoms with Gasteiger partial charge in [-0.15, -0.1) is 0 Å². The van der Waals surface area contributed by atoms with Crippen molar-refractivity contribution < 1.29 is 8.78 Å². The van der Waals surface area contributed by atoms with Crippen molar-refractivity contribution >= 4 is 21.6 Å². The standard InChI is InChI=1S/C13H12BrF2N/c14-9-5-13(11(16)6-10(9)15)17-12-4-7-2-1-3-8(7)12/h1,3,5-8,12,17H,2,4H2. The molecule has 0 heterocycles. The smallest absolute Gasteiger partial charge is 0.149 e. The van der Waals surface area contributed by atoms with Crippen LogP contribution in [0.3, 0.4) is 0 Å². The highest BCUT2D eigenvalue weighted by Crippen LogP contribution is 2.44. The summed E-state index contributed by atoms with van der Waals surface area (Å²) in [5.74, 6) is 0.133. The Balaban J connectivity index is 1.77. The molecule has 0 saturated heterocycles. The van der Waals surface area contributed by atoms with E-state index in [1.165, 1.54) is 6.07 Å². The molecule has 0 spiro atoms. The fourth-order valence-corrected chi connectivity index (χ4v) is 3.06. The van der Waals surface area contributed by atoms with Gasteiger partial charge in [-0.05, 0) is 40.8 Å². The number of halogens is 3. The van der Waals surface area contributed by atoms with Crippen LogP contribution >= 0.6 is 15.9 Å². The fourth-order valence-electron chi connectivity index (χ4n) is 2.72. The average molecular weight is 300 g/mol. The Morgan fingerprint density at radius 1 is 1.24 bits per heavy atom. The third-order valence-electron chi connectivity index (χ3n) is 3.71. The largest absolute Gasteiger partial charge is 0.379 e. The average Bonchev–Trinajstić information content (AvgIpc) is 2.63. The zero-order valence-electron chi connectivity index (χ0n) is 9.09. The first-order chi connectivity index (χ1) is 8.15. The summed E-state index contributed by atoms with van der Waals surface area (Å²) < 4.78 is 26.9. The third kappa shape index (κ3) is 1.88. The molecule has 90 valence electrons. The van der Waals surface area contributed by atoms with Crippen molar-refractivity contribution in [1.82, 2.24) is 0 Å². The molecule has 17 heavy (non-hydrogen) atoms. The van der Waals surface area contributed by atoms with Gasteiger partial charge in [-0.25, -0.2) is 8.78 Å². The molecule has 2 aliphatic rings. The highest BCUT2D eigenvalue weighted by Gasteiger charge is 2.41. The Hall–Kier alpha value is -0.900. The molecule has 1 nitrogen and oxygen atoms in total. The topological polar surface area (TPSA) is 12.0 Å². The second-order valence-electron chi connectivity index (χ2n) is 4.73.